The number of primary amides is 1. The van der Waals surface area contributed by atoms with E-state index in [1.807, 2.05) is 27.7 Å². The minimum Gasteiger partial charge on any atom is -0.460 e. The number of hydrogen-bond acceptors (Lipinski definition) is 6. The number of urea groups is 1. The maximum Gasteiger partial charge on any atom is 0.312 e. The summed E-state index contributed by atoms with van der Waals surface area (Å²) in [5.74, 6) is -0.914. The van der Waals surface area contributed by atoms with Crippen molar-refractivity contribution in [3.8, 4) is 0 Å². The minimum absolute atomic E-state index is 0.0209. The Morgan fingerprint density at radius 1 is 0.972 bits per heavy atom. The number of benzene rings is 1. The highest BCUT2D eigenvalue weighted by atomic mass is 16.5. The second-order valence-corrected chi connectivity index (χ2v) is 10.5. The molecule has 0 saturated carbocycles. The lowest BCUT2D eigenvalue weighted by Gasteiger charge is -2.27. The zero-order valence-corrected chi connectivity index (χ0v) is 22.6. The zero-order chi connectivity index (χ0) is 27.5. The van der Waals surface area contributed by atoms with Crippen molar-refractivity contribution in [1.29, 1.82) is 0 Å². The predicted octanol–water partition coefficient (Wildman–Crippen LogP) is 2.67. The van der Waals surface area contributed by atoms with Gasteiger partial charge in [0, 0.05) is 18.3 Å². The third-order valence-corrected chi connectivity index (χ3v) is 5.27. The van der Waals surface area contributed by atoms with Crippen LogP contribution in [0.5, 0.6) is 0 Å². The van der Waals surface area contributed by atoms with Gasteiger partial charge in [-0.05, 0) is 57.2 Å². The number of anilines is 1. The predicted molar refractivity (Wildman–Crippen MR) is 140 cm³/mol. The maximum atomic E-state index is 13.1. The van der Waals surface area contributed by atoms with E-state index in [0.717, 1.165) is 5.56 Å². The first kappa shape index (κ1) is 30.9. The minimum atomic E-state index is -0.810. The fourth-order valence-electron chi connectivity index (χ4n) is 3.26. The van der Waals surface area contributed by atoms with E-state index >= 15 is 0 Å². The summed E-state index contributed by atoms with van der Waals surface area (Å²) in [5, 5.41) is 11.4. The Kier molecular flexibility index (Phi) is 12.4. The Hall–Kier alpha value is -3.14. The number of nitrogens with two attached hydrogens (primary N) is 1. The van der Waals surface area contributed by atoms with Gasteiger partial charge >= 0.3 is 12.0 Å². The van der Waals surface area contributed by atoms with Crippen molar-refractivity contribution in [3.05, 3.63) is 29.8 Å². The largest absolute Gasteiger partial charge is 0.460 e. The van der Waals surface area contributed by atoms with Crippen molar-refractivity contribution < 1.29 is 23.9 Å². The number of ether oxygens (including phenoxy) is 1. The molecule has 0 aliphatic carbocycles. The number of carbonyl (C=O) groups excluding carboxylic acids is 4. The lowest BCUT2D eigenvalue weighted by atomic mass is 9.97. The van der Waals surface area contributed by atoms with Crippen LogP contribution in [-0.4, -0.2) is 48.5 Å². The van der Waals surface area contributed by atoms with E-state index < -0.39 is 23.5 Å². The lowest BCUT2D eigenvalue weighted by molar-refractivity contribution is -0.154. The fourth-order valence-corrected chi connectivity index (χ4v) is 3.26. The highest BCUT2D eigenvalue weighted by Gasteiger charge is 2.28. The summed E-state index contributed by atoms with van der Waals surface area (Å²) in [6.07, 6.45) is 0.758. The molecule has 10 heteroatoms. The number of esters is 1. The number of rotatable bonds is 13. The van der Waals surface area contributed by atoms with Gasteiger partial charge in [-0.2, -0.15) is 0 Å². The van der Waals surface area contributed by atoms with E-state index in [0.29, 0.717) is 18.5 Å². The van der Waals surface area contributed by atoms with E-state index in [2.05, 4.69) is 21.3 Å². The average Bonchev–Trinajstić information content (AvgIpc) is 2.77. The van der Waals surface area contributed by atoms with Crippen molar-refractivity contribution in [3.63, 3.8) is 0 Å². The Labute approximate surface area is 214 Å². The summed E-state index contributed by atoms with van der Waals surface area (Å²) in [4.78, 5) is 49.0. The van der Waals surface area contributed by atoms with Crippen LogP contribution in [0, 0.1) is 11.3 Å². The summed E-state index contributed by atoms with van der Waals surface area (Å²) >= 11 is 0. The molecule has 0 aliphatic rings. The highest BCUT2D eigenvalue weighted by Crippen LogP contribution is 2.17. The molecule has 0 radical (unpaired) electrons. The molecule has 0 heterocycles. The molecule has 202 valence electrons. The van der Waals surface area contributed by atoms with Gasteiger partial charge in [0.15, 0.2) is 0 Å². The van der Waals surface area contributed by atoms with Crippen molar-refractivity contribution in [2.45, 2.75) is 86.0 Å². The van der Waals surface area contributed by atoms with Crippen molar-refractivity contribution in [1.82, 2.24) is 16.0 Å². The second kappa shape index (κ2) is 14.4. The van der Waals surface area contributed by atoms with Crippen LogP contribution in [0.15, 0.2) is 24.3 Å². The molecule has 10 nitrogen and oxygen atoms in total. The quantitative estimate of drug-likeness (QED) is 0.205. The van der Waals surface area contributed by atoms with E-state index in [-0.39, 0.29) is 42.9 Å². The molecule has 1 aromatic rings. The third kappa shape index (κ3) is 11.5. The van der Waals surface area contributed by atoms with E-state index in [4.69, 9.17) is 10.5 Å². The third-order valence-electron chi connectivity index (χ3n) is 5.27. The topological polar surface area (TPSA) is 152 Å². The molecule has 1 aromatic carbocycles. The van der Waals surface area contributed by atoms with Gasteiger partial charge in [-0.25, -0.2) is 4.79 Å². The van der Waals surface area contributed by atoms with Gasteiger partial charge < -0.3 is 31.7 Å². The maximum absolute atomic E-state index is 13.1. The molecule has 2 atom stereocenters. The second-order valence-electron chi connectivity index (χ2n) is 10.5. The number of amides is 4. The van der Waals surface area contributed by atoms with Crippen molar-refractivity contribution in [2.75, 3.05) is 11.9 Å². The Morgan fingerprint density at radius 3 is 2.08 bits per heavy atom. The normalized spacial score (nSPS) is 13.1. The van der Waals surface area contributed by atoms with E-state index in [1.54, 1.807) is 45.0 Å². The number of carbonyl (C=O) groups is 4. The summed E-state index contributed by atoms with van der Waals surface area (Å²) in [6, 6.07) is 5.13. The molecule has 0 unspecified atom stereocenters. The number of hydrogen-bond donors (Lipinski definition) is 5. The van der Waals surface area contributed by atoms with Crippen LogP contribution in [-0.2, 0) is 25.7 Å². The van der Waals surface area contributed by atoms with Gasteiger partial charge in [0.25, 0.3) is 0 Å². The van der Waals surface area contributed by atoms with Gasteiger partial charge in [0.1, 0.15) is 12.6 Å². The Balaban J connectivity index is 2.86. The molecule has 1 rings (SSSR count). The van der Waals surface area contributed by atoms with Crippen LogP contribution in [0.25, 0.3) is 0 Å². The summed E-state index contributed by atoms with van der Waals surface area (Å²) in [5.41, 5.74) is 5.85. The van der Waals surface area contributed by atoms with Gasteiger partial charge in [-0.1, -0.05) is 39.8 Å². The first-order chi connectivity index (χ1) is 16.7. The van der Waals surface area contributed by atoms with Crippen LogP contribution < -0.4 is 27.0 Å². The molecule has 0 bridgehead atoms. The van der Waals surface area contributed by atoms with Crippen LogP contribution in [0.4, 0.5) is 10.5 Å². The molecule has 0 spiro atoms. The van der Waals surface area contributed by atoms with Crippen molar-refractivity contribution >= 4 is 29.5 Å². The first-order valence-electron chi connectivity index (χ1n) is 12.4. The summed E-state index contributed by atoms with van der Waals surface area (Å²) in [6.45, 7) is 13.6. The monoisotopic (exact) mass is 505 g/mol. The van der Waals surface area contributed by atoms with Gasteiger partial charge in [-0.3, -0.25) is 14.4 Å². The van der Waals surface area contributed by atoms with Crippen LogP contribution in [0.2, 0.25) is 0 Å². The molecule has 0 fully saturated rings. The molecule has 0 aliphatic heterocycles. The summed E-state index contributed by atoms with van der Waals surface area (Å²) in [7, 11) is 0. The van der Waals surface area contributed by atoms with Gasteiger partial charge in [0.2, 0.25) is 11.8 Å². The molecule has 0 aromatic heterocycles. The molecular weight excluding hydrogens is 462 g/mol. The van der Waals surface area contributed by atoms with Gasteiger partial charge in [-0.15, -0.1) is 0 Å². The molecule has 0 saturated heterocycles. The first-order valence-corrected chi connectivity index (χ1v) is 12.4. The average molecular weight is 506 g/mol. The molecular formula is C26H43N5O5. The highest BCUT2D eigenvalue weighted by molar-refractivity contribution is 5.97. The van der Waals surface area contributed by atoms with Crippen LogP contribution in [0.3, 0.4) is 0 Å². The standard InChI is InChI=1S/C26H43N5O5/c1-16(2)21(29-17(3)4)23(33)31-20(9-8-14-28-25(27)35)22(32)30-19-12-10-18(11-13-19)15-36-24(34)26(5,6)7/h10-13,16-17,20-21,29H,8-9,14-15H2,1-7H3,(H,30,32)(H,31,33)(H3,27,28,35)/t20-,21-/m0/s1. The molecule has 36 heavy (non-hydrogen) atoms. The summed E-state index contributed by atoms with van der Waals surface area (Å²) < 4.78 is 5.32. The van der Waals surface area contributed by atoms with E-state index in [9.17, 15) is 19.2 Å². The zero-order valence-electron chi connectivity index (χ0n) is 22.6. The fraction of sp³-hybridized carbons (Fsp3) is 0.615. The van der Waals surface area contributed by atoms with Gasteiger partial charge in [0.05, 0.1) is 11.5 Å². The molecule has 6 N–H and O–H groups in total. The smallest absolute Gasteiger partial charge is 0.312 e. The molecule has 4 amide bonds. The SMILES string of the molecule is CC(C)N[C@H](C(=O)N[C@@H](CCCNC(N)=O)C(=O)Nc1ccc(COC(=O)C(C)(C)C)cc1)C(C)C. The Bertz CT molecular complexity index is 878. The van der Waals surface area contributed by atoms with Crippen LogP contribution in [0.1, 0.15) is 66.9 Å². The lowest BCUT2D eigenvalue weighted by Crippen LogP contribution is -2.54. The Morgan fingerprint density at radius 2 is 1.58 bits per heavy atom. The van der Waals surface area contributed by atoms with E-state index in [1.165, 1.54) is 0 Å². The number of nitrogens with one attached hydrogen (secondary N) is 4. The van der Waals surface area contributed by atoms with Crippen LogP contribution >= 0.6 is 0 Å². The van der Waals surface area contributed by atoms with Crippen molar-refractivity contribution in [2.24, 2.45) is 17.1 Å².